The molecular formula is C28H24N2O6. The molecule has 0 aromatic heterocycles. The number of benzene rings is 3. The van der Waals surface area contributed by atoms with E-state index >= 15 is 0 Å². The van der Waals surface area contributed by atoms with E-state index in [1.165, 1.54) is 0 Å². The van der Waals surface area contributed by atoms with Crippen LogP contribution in [0.2, 0.25) is 0 Å². The molecule has 0 spiro atoms. The molecular weight excluding hydrogens is 460 g/mol. The molecule has 3 aromatic rings. The van der Waals surface area contributed by atoms with Gasteiger partial charge < -0.3 is 19.1 Å². The third kappa shape index (κ3) is 3.37. The van der Waals surface area contributed by atoms with Crippen LogP contribution in [0.5, 0.6) is 11.5 Å². The molecule has 3 aliphatic rings. The predicted molar refractivity (Wildman–Crippen MR) is 129 cm³/mol. The zero-order chi connectivity index (χ0) is 25.0. The second-order valence-electron chi connectivity index (χ2n) is 9.04. The smallest absolute Gasteiger partial charge is 0.262 e. The third-order valence-corrected chi connectivity index (χ3v) is 7.15. The highest BCUT2D eigenvalue weighted by atomic mass is 16.6. The lowest BCUT2D eigenvalue weighted by Crippen LogP contribution is -2.73. The van der Waals surface area contributed by atoms with E-state index in [-0.39, 0.29) is 24.7 Å². The summed E-state index contributed by atoms with van der Waals surface area (Å²) in [5.74, 6) is 0.0341. The zero-order valence-corrected chi connectivity index (χ0v) is 19.8. The Hall–Kier alpha value is -4.17. The Bertz CT molecular complexity index is 1340. The predicted octanol–water partition coefficient (Wildman–Crippen LogP) is 3.22. The van der Waals surface area contributed by atoms with Crippen molar-refractivity contribution in [1.82, 2.24) is 9.80 Å². The molecule has 0 saturated carbocycles. The molecule has 3 aromatic carbocycles. The van der Waals surface area contributed by atoms with Crippen LogP contribution in [0.15, 0.2) is 72.8 Å². The summed E-state index contributed by atoms with van der Waals surface area (Å²) < 4.78 is 16.9. The maximum Gasteiger partial charge on any atom is 0.262 e. The minimum absolute atomic E-state index is 0.220. The number of carbonyl (C=O) groups excluding carboxylic acids is 3. The van der Waals surface area contributed by atoms with E-state index in [1.54, 1.807) is 55.5 Å². The fourth-order valence-electron chi connectivity index (χ4n) is 5.28. The van der Waals surface area contributed by atoms with Crippen molar-refractivity contribution in [3.63, 3.8) is 0 Å². The summed E-state index contributed by atoms with van der Waals surface area (Å²) in [6.07, 6.45) is -0.564. The molecule has 3 heterocycles. The Morgan fingerprint density at radius 3 is 2.14 bits per heavy atom. The number of imide groups is 1. The van der Waals surface area contributed by atoms with Crippen LogP contribution in [0, 0.1) is 0 Å². The average molecular weight is 485 g/mol. The Labute approximate surface area is 208 Å². The highest BCUT2D eigenvalue weighted by molar-refractivity contribution is 6.23. The van der Waals surface area contributed by atoms with Crippen LogP contribution in [0.25, 0.3) is 0 Å². The van der Waals surface area contributed by atoms with Gasteiger partial charge in [0.05, 0.1) is 31.4 Å². The summed E-state index contributed by atoms with van der Waals surface area (Å²) >= 11 is 0. The number of hydrogen-bond acceptors (Lipinski definition) is 6. The van der Waals surface area contributed by atoms with E-state index in [9.17, 15) is 14.4 Å². The molecule has 8 heteroatoms. The fourth-order valence-corrected chi connectivity index (χ4v) is 5.28. The van der Waals surface area contributed by atoms with Crippen molar-refractivity contribution in [1.29, 1.82) is 0 Å². The van der Waals surface area contributed by atoms with Crippen LogP contribution < -0.4 is 9.47 Å². The Kier molecular flexibility index (Phi) is 5.26. The standard InChI is InChI=1S/C28H24N2O6/c1-34-18-13-12-17(21(14-18)35-2)15-29-22(25-24(36-25)16-8-4-3-5-9-16)23(28(29)33)30-26(31)19-10-6-7-11-20(19)27(30)32/h3-14,22-25H,15H2,1-2H3/t22-,23-,24?,25+/m0/s1. The molecule has 3 amide bonds. The fraction of sp³-hybridized carbons (Fsp3) is 0.250. The van der Waals surface area contributed by atoms with E-state index in [1.807, 2.05) is 36.4 Å². The molecule has 8 nitrogen and oxygen atoms in total. The molecule has 1 unspecified atom stereocenters. The Morgan fingerprint density at radius 2 is 1.50 bits per heavy atom. The lowest BCUT2D eigenvalue weighted by molar-refractivity contribution is -0.158. The number of likely N-dealkylation sites (tertiary alicyclic amines) is 1. The van der Waals surface area contributed by atoms with Crippen molar-refractivity contribution >= 4 is 17.7 Å². The van der Waals surface area contributed by atoms with E-state index < -0.39 is 23.9 Å². The van der Waals surface area contributed by atoms with E-state index in [0.29, 0.717) is 22.6 Å². The monoisotopic (exact) mass is 484 g/mol. The summed E-state index contributed by atoms with van der Waals surface area (Å²) in [4.78, 5) is 42.8. The van der Waals surface area contributed by atoms with Crippen LogP contribution in [0.3, 0.4) is 0 Å². The molecule has 0 aliphatic carbocycles. The van der Waals surface area contributed by atoms with Crippen molar-refractivity contribution < 1.29 is 28.6 Å². The minimum atomic E-state index is -0.930. The number of β-lactam (4-membered cyclic amide) rings is 1. The van der Waals surface area contributed by atoms with Crippen LogP contribution in [0.4, 0.5) is 0 Å². The second kappa shape index (κ2) is 8.49. The van der Waals surface area contributed by atoms with Crippen LogP contribution >= 0.6 is 0 Å². The van der Waals surface area contributed by atoms with E-state index in [0.717, 1.165) is 16.0 Å². The minimum Gasteiger partial charge on any atom is -0.497 e. The van der Waals surface area contributed by atoms with Gasteiger partial charge in [0, 0.05) is 18.2 Å². The summed E-state index contributed by atoms with van der Waals surface area (Å²) in [5.41, 5.74) is 2.42. The summed E-state index contributed by atoms with van der Waals surface area (Å²) in [6, 6.07) is 20.4. The molecule has 2 saturated heterocycles. The SMILES string of the molecule is COc1ccc(CN2C(=O)[C@@H](N3C(=O)c4ccccc4C3=O)[C@H]2[C@H]2OC2c2ccccc2)c(OC)c1. The highest BCUT2D eigenvalue weighted by Gasteiger charge is 2.64. The van der Waals surface area contributed by atoms with Gasteiger partial charge in [-0.2, -0.15) is 0 Å². The average Bonchev–Trinajstić information content (AvgIpc) is 3.67. The van der Waals surface area contributed by atoms with Crippen molar-refractivity contribution in [3.05, 3.63) is 95.1 Å². The Morgan fingerprint density at radius 1 is 0.833 bits per heavy atom. The molecule has 182 valence electrons. The number of nitrogens with zero attached hydrogens (tertiary/aromatic N) is 2. The topological polar surface area (TPSA) is 88.7 Å². The van der Waals surface area contributed by atoms with Crippen LogP contribution in [-0.4, -0.2) is 59.9 Å². The lowest BCUT2D eigenvalue weighted by atomic mass is 9.87. The molecule has 0 bridgehead atoms. The quantitative estimate of drug-likeness (QED) is 0.291. The number of hydrogen-bond donors (Lipinski definition) is 0. The summed E-state index contributed by atoms with van der Waals surface area (Å²) in [5, 5.41) is 0. The molecule has 36 heavy (non-hydrogen) atoms. The van der Waals surface area contributed by atoms with Gasteiger partial charge in [0.1, 0.15) is 29.7 Å². The number of amides is 3. The number of fused-ring (bicyclic) bond motifs is 1. The first-order valence-corrected chi connectivity index (χ1v) is 11.7. The van der Waals surface area contributed by atoms with Gasteiger partial charge in [0.15, 0.2) is 0 Å². The summed E-state index contributed by atoms with van der Waals surface area (Å²) in [7, 11) is 3.13. The number of epoxide rings is 1. The molecule has 6 rings (SSSR count). The Balaban J connectivity index is 1.33. The molecule has 0 N–H and O–H groups in total. The van der Waals surface area contributed by atoms with Crippen LogP contribution in [0.1, 0.15) is 37.9 Å². The van der Waals surface area contributed by atoms with Crippen molar-refractivity contribution in [2.45, 2.75) is 30.8 Å². The first kappa shape index (κ1) is 22.3. The summed E-state index contributed by atoms with van der Waals surface area (Å²) in [6.45, 7) is 0.248. The molecule has 4 atom stereocenters. The lowest BCUT2D eigenvalue weighted by Gasteiger charge is -2.49. The maximum atomic E-state index is 13.6. The molecule has 0 radical (unpaired) electrons. The van der Waals surface area contributed by atoms with Gasteiger partial charge in [-0.15, -0.1) is 0 Å². The van der Waals surface area contributed by atoms with E-state index in [2.05, 4.69) is 0 Å². The van der Waals surface area contributed by atoms with Crippen molar-refractivity contribution in [2.75, 3.05) is 14.2 Å². The first-order valence-electron chi connectivity index (χ1n) is 11.7. The van der Waals surface area contributed by atoms with Gasteiger partial charge in [-0.05, 0) is 29.8 Å². The molecule has 3 aliphatic heterocycles. The van der Waals surface area contributed by atoms with Gasteiger partial charge in [-0.1, -0.05) is 42.5 Å². The van der Waals surface area contributed by atoms with Gasteiger partial charge in [0.25, 0.3) is 11.8 Å². The highest BCUT2D eigenvalue weighted by Crippen LogP contribution is 2.48. The normalized spacial score (nSPS) is 24.4. The maximum absolute atomic E-state index is 13.6. The number of ether oxygens (including phenoxy) is 3. The zero-order valence-electron chi connectivity index (χ0n) is 19.8. The van der Waals surface area contributed by atoms with Gasteiger partial charge in [-0.3, -0.25) is 19.3 Å². The first-order chi connectivity index (χ1) is 17.5. The number of rotatable bonds is 7. The van der Waals surface area contributed by atoms with Gasteiger partial charge in [0.2, 0.25) is 5.91 Å². The van der Waals surface area contributed by atoms with Gasteiger partial charge in [-0.25, -0.2) is 0 Å². The number of carbonyl (C=O) groups is 3. The number of methoxy groups -OCH3 is 2. The van der Waals surface area contributed by atoms with Crippen molar-refractivity contribution in [3.8, 4) is 11.5 Å². The van der Waals surface area contributed by atoms with Crippen LogP contribution in [-0.2, 0) is 16.1 Å². The largest absolute Gasteiger partial charge is 0.497 e. The second-order valence-corrected chi connectivity index (χ2v) is 9.04. The third-order valence-electron chi connectivity index (χ3n) is 7.15. The molecule has 2 fully saturated rings. The van der Waals surface area contributed by atoms with E-state index in [4.69, 9.17) is 14.2 Å². The van der Waals surface area contributed by atoms with Gasteiger partial charge >= 0.3 is 0 Å². The van der Waals surface area contributed by atoms with Crippen molar-refractivity contribution in [2.24, 2.45) is 0 Å².